The van der Waals surface area contributed by atoms with Crippen molar-refractivity contribution in [1.82, 2.24) is 0 Å². The van der Waals surface area contributed by atoms with Gasteiger partial charge in [-0.3, -0.25) is 4.79 Å². The van der Waals surface area contributed by atoms with Crippen LogP contribution >= 0.6 is 24.0 Å². The lowest BCUT2D eigenvalue weighted by Crippen LogP contribution is -2.28. The van der Waals surface area contributed by atoms with Crippen LogP contribution in [-0.4, -0.2) is 24.1 Å². The number of benzene rings is 1. The molecule has 1 aromatic carbocycles. The molecule has 0 heterocycles. The van der Waals surface area contributed by atoms with E-state index in [-0.39, 0.29) is 36.5 Å². The minimum atomic E-state index is -0.511. The molecule has 0 radical (unpaired) electrons. The van der Waals surface area contributed by atoms with E-state index < -0.39 is 11.6 Å². The minimum Gasteiger partial charge on any atom is -0.459 e. The molecule has 21 heavy (non-hydrogen) atoms. The fourth-order valence-corrected chi connectivity index (χ4v) is 1.76. The number of halogens is 1. The van der Waals surface area contributed by atoms with E-state index in [9.17, 15) is 4.79 Å². The van der Waals surface area contributed by atoms with Crippen LogP contribution in [0.4, 0.5) is 5.69 Å². The van der Waals surface area contributed by atoms with Gasteiger partial charge < -0.3 is 15.8 Å². The fourth-order valence-electron chi connectivity index (χ4n) is 1.76. The molecule has 0 saturated heterocycles. The van der Waals surface area contributed by atoms with Gasteiger partial charge in [0.2, 0.25) is 0 Å². The first-order valence-corrected chi connectivity index (χ1v) is 6.53. The Morgan fingerprint density at radius 3 is 2.24 bits per heavy atom. The summed E-state index contributed by atoms with van der Waals surface area (Å²) in [6.45, 7) is 9.35. The molecular weight excluding hydrogens is 381 g/mol. The second kappa shape index (κ2) is 8.21. The summed E-state index contributed by atoms with van der Waals surface area (Å²) in [5, 5.41) is 2.96. The normalized spacial score (nSPS) is 11.6. The number of hydrogen-bond acceptors (Lipinski definition) is 3. The first-order valence-electron chi connectivity index (χ1n) is 6.53. The Balaban J connectivity index is 0.00000400. The fraction of sp³-hybridized carbons (Fsp3) is 0.467. The number of nitrogens with zero attached hydrogens (tertiary/aromatic N) is 1. The maximum atomic E-state index is 11.5. The van der Waals surface area contributed by atoms with Crippen LogP contribution in [0, 0.1) is 13.8 Å². The third kappa shape index (κ3) is 8.54. The molecule has 0 amide bonds. The molecule has 1 rings (SSSR count). The van der Waals surface area contributed by atoms with Crippen molar-refractivity contribution < 1.29 is 9.53 Å². The molecule has 0 spiro atoms. The Labute approximate surface area is 143 Å². The SMILES string of the molecule is Cc1cc(C)cc(NC(N)=NCC(=O)OC(C)(C)C)c1.I. The van der Waals surface area contributed by atoms with Gasteiger partial charge in [0.1, 0.15) is 12.1 Å². The van der Waals surface area contributed by atoms with Gasteiger partial charge in [0.25, 0.3) is 0 Å². The summed E-state index contributed by atoms with van der Waals surface area (Å²) >= 11 is 0. The van der Waals surface area contributed by atoms with E-state index in [1.54, 1.807) is 0 Å². The molecule has 0 unspecified atom stereocenters. The third-order valence-electron chi connectivity index (χ3n) is 2.29. The number of nitrogens with one attached hydrogen (secondary N) is 1. The zero-order chi connectivity index (χ0) is 15.3. The molecule has 0 saturated carbocycles. The van der Waals surface area contributed by atoms with Crippen LogP contribution in [-0.2, 0) is 9.53 Å². The van der Waals surface area contributed by atoms with Gasteiger partial charge in [0.15, 0.2) is 5.96 Å². The summed E-state index contributed by atoms with van der Waals surface area (Å²) < 4.78 is 5.15. The van der Waals surface area contributed by atoms with E-state index >= 15 is 0 Å². The Morgan fingerprint density at radius 2 is 1.76 bits per heavy atom. The van der Waals surface area contributed by atoms with Crippen molar-refractivity contribution in [1.29, 1.82) is 0 Å². The van der Waals surface area contributed by atoms with Crippen LogP contribution in [0.1, 0.15) is 31.9 Å². The van der Waals surface area contributed by atoms with Crippen LogP contribution in [0.5, 0.6) is 0 Å². The zero-order valence-corrected chi connectivity index (χ0v) is 15.5. The summed E-state index contributed by atoms with van der Waals surface area (Å²) in [4.78, 5) is 15.5. The topological polar surface area (TPSA) is 76.7 Å². The number of rotatable bonds is 3. The molecule has 0 aliphatic carbocycles. The number of aliphatic imine (C=N–C) groups is 1. The zero-order valence-electron chi connectivity index (χ0n) is 13.2. The lowest BCUT2D eigenvalue weighted by atomic mass is 10.1. The van der Waals surface area contributed by atoms with Crippen molar-refractivity contribution in [3.05, 3.63) is 29.3 Å². The summed E-state index contributed by atoms with van der Waals surface area (Å²) in [5.74, 6) is -0.205. The van der Waals surface area contributed by atoms with E-state index in [4.69, 9.17) is 10.5 Å². The number of anilines is 1. The predicted octanol–water partition coefficient (Wildman–Crippen LogP) is 2.99. The third-order valence-corrected chi connectivity index (χ3v) is 2.29. The standard InChI is InChI=1S/C15H23N3O2.HI/c1-10-6-11(2)8-12(7-10)18-14(16)17-9-13(19)20-15(3,4)5;/h6-8H,9H2,1-5H3,(H3,16,17,18);1H. The second-order valence-corrected chi connectivity index (χ2v) is 5.79. The van der Waals surface area contributed by atoms with Gasteiger partial charge in [0.05, 0.1) is 0 Å². The van der Waals surface area contributed by atoms with Crippen molar-refractivity contribution in [2.45, 2.75) is 40.2 Å². The number of guanidine groups is 1. The van der Waals surface area contributed by atoms with Crippen LogP contribution < -0.4 is 11.1 Å². The number of ether oxygens (including phenoxy) is 1. The van der Waals surface area contributed by atoms with Crippen molar-refractivity contribution in [3.63, 3.8) is 0 Å². The Kier molecular flexibility index (Phi) is 7.70. The predicted molar refractivity (Wildman–Crippen MR) is 97.3 cm³/mol. The molecule has 118 valence electrons. The monoisotopic (exact) mass is 405 g/mol. The summed E-state index contributed by atoms with van der Waals surface area (Å²) in [6.07, 6.45) is 0. The highest BCUT2D eigenvalue weighted by Crippen LogP contribution is 2.13. The van der Waals surface area contributed by atoms with Gasteiger partial charge in [-0.1, -0.05) is 6.07 Å². The molecule has 6 heteroatoms. The number of hydrogen-bond donors (Lipinski definition) is 2. The Morgan fingerprint density at radius 1 is 1.24 bits per heavy atom. The molecule has 3 N–H and O–H groups in total. The Bertz CT molecular complexity index is 502. The molecule has 1 aromatic rings. The summed E-state index contributed by atoms with van der Waals surface area (Å²) in [6, 6.07) is 5.99. The molecule has 0 atom stereocenters. The van der Waals surface area contributed by atoms with Gasteiger partial charge in [-0.05, 0) is 57.9 Å². The smallest absolute Gasteiger partial charge is 0.328 e. The van der Waals surface area contributed by atoms with Gasteiger partial charge >= 0.3 is 5.97 Å². The lowest BCUT2D eigenvalue weighted by molar-refractivity contribution is -0.152. The summed E-state index contributed by atoms with van der Waals surface area (Å²) in [5.41, 5.74) is 8.36. The molecular formula is C15H24IN3O2. The minimum absolute atomic E-state index is 0. The van der Waals surface area contributed by atoms with Crippen molar-refractivity contribution in [2.75, 3.05) is 11.9 Å². The van der Waals surface area contributed by atoms with Gasteiger partial charge in [0, 0.05) is 5.69 Å². The molecule has 0 aromatic heterocycles. The largest absolute Gasteiger partial charge is 0.459 e. The first kappa shape index (κ1) is 19.7. The Hall–Kier alpha value is -1.31. The molecule has 0 aliphatic heterocycles. The lowest BCUT2D eigenvalue weighted by Gasteiger charge is -2.18. The van der Waals surface area contributed by atoms with Gasteiger partial charge in [-0.25, -0.2) is 4.99 Å². The van der Waals surface area contributed by atoms with Crippen molar-refractivity contribution in [2.24, 2.45) is 10.7 Å². The quantitative estimate of drug-likeness (QED) is 0.351. The first-order chi connectivity index (χ1) is 9.15. The highest BCUT2D eigenvalue weighted by molar-refractivity contribution is 14.0. The molecule has 0 bridgehead atoms. The average Bonchev–Trinajstić information content (AvgIpc) is 2.22. The van der Waals surface area contributed by atoms with Crippen LogP contribution in [0.25, 0.3) is 0 Å². The summed E-state index contributed by atoms with van der Waals surface area (Å²) in [7, 11) is 0. The highest BCUT2D eigenvalue weighted by atomic mass is 127. The highest BCUT2D eigenvalue weighted by Gasteiger charge is 2.15. The van der Waals surface area contributed by atoms with Crippen LogP contribution in [0.3, 0.4) is 0 Å². The number of carbonyl (C=O) groups excluding carboxylic acids is 1. The maximum absolute atomic E-state index is 11.5. The molecule has 5 nitrogen and oxygen atoms in total. The van der Waals surface area contributed by atoms with E-state index in [2.05, 4.69) is 16.4 Å². The van der Waals surface area contributed by atoms with E-state index in [0.29, 0.717) is 0 Å². The van der Waals surface area contributed by atoms with Gasteiger partial charge in [-0.15, -0.1) is 24.0 Å². The van der Waals surface area contributed by atoms with Crippen molar-refractivity contribution in [3.8, 4) is 0 Å². The maximum Gasteiger partial charge on any atom is 0.328 e. The van der Waals surface area contributed by atoms with E-state index in [1.165, 1.54) is 0 Å². The molecule has 0 fully saturated rings. The van der Waals surface area contributed by atoms with Gasteiger partial charge in [-0.2, -0.15) is 0 Å². The van der Waals surface area contributed by atoms with Crippen LogP contribution in [0.15, 0.2) is 23.2 Å². The number of nitrogens with two attached hydrogens (primary N) is 1. The average molecular weight is 405 g/mol. The second-order valence-electron chi connectivity index (χ2n) is 5.79. The number of esters is 1. The number of carbonyl (C=O) groups is 1. The number of aryl methyl sites for hydroxylation is 2. The molecule has 0 aliphatic rings. The van der Waals surface area contributed by atoms with E-state index in [1.807, 2.05) is 46.8 Å². The van der Waals surface area contributed by atoms with Crippen molar-refractivity contribution >= 4 is 41.6 Å². The van der Waals surface area contributed by atoms with Crippen LogP contribution in [0.2, 0.25) is 0 Å². The van der Waals surface area contributed by atoms with E-state index in [0.717, 1.165) is 16.8 Å².